The van der Waals surface area contributed by atoms with Crippen molar-refractivity contribution in [3.63, 3.8) is 0 Å². The smallest absolute Gasteiger partial charge is 0.244 e. The van der Waals surface area contributed by atoms with Gasteiger partial charge in [-0.05, 0) is 12.3 Å². The Bertz CT molecular complexity index is 1030. The number of methoxy groups -OCH3 is 2. The number of hydrogen-bond donors (Lipinski definition) is 2. The van der Waals surface area contributed by atoms with E-state index >= 15 is 0 Å². The second kappa shape index (κ2) is 15.5. The van der Waals surface area contributed by atoms with Crippen LogP contribution in [0.5, 0.6) is 11.5 Å². The fraction of sp³-hybridized carbons (Fsp3) is 0.304. The highest BCUT2D eigenvalue weighted by Gasteiger charge is 2.19. The molecular weight excluding hydrogens is 463 g/mol. The Kier molecular flexibility index (Phi) is 13.1. The summed E-state index contributed by atoms with van der Waals surface area (Å²) in [5, 5.41) is 9.10. The van der Waals surface area contributed by atoms with Crippen LogP contribution in [0.3, 0.4) is 0 Å². The fourth-order valence-electron chi connectivity index (χ4n) is 2.59. The molecule has 0 bridgehead atoms. The SMILES string of the molecule is CC(=O)N=C(N)c1ccccc1.CN=C(/C(=N/COCO)SC)c1cc(OC)c(OC)cc1F. The summed E-state index contributed by atoms with van der Waals surface area (Å²) < 4.78 is 29.3. The molecule has 11 heteroatoms. The molecule has 184 valence electrons. The Labute approximate surface area is 202 Å². The van der Waals surface area contributed by atoms with Crippen LogP contribution in [0.2, 0.25) is 0 Å². The molecule has 2 rings (SSSR count). The molecule has 0 aliphatic rings. The topological polar surface area (TPSA) is 128 Å². The van der Waals surface area contributed by atoms with E-state index < -0.39 is 12.6 Å². The van der Waals surface area contributed by atoms with E-state index in [1.54, 1.807) is 13.3 Å². The molecule has 0 saturated heterocycles. The first-order valence-corrected chi connectivity index (χ1v) is 11.1. The summed E-state index contributed by atoms with van der Waals surface area (Å²) in [5.74, 6) is 0.181. The van der Waals surface area contributed by atoms with E-state index in [2.05, 4.69) is 15.0 Å². The van der Waals surface area contributed by atoms with Crippen LogP contribution in [0.4, 0.5) is 4.39 Å². The zero-order chi connectivity index (χ0) is 25.5. The Morgan fingerprint density at radius 2 is 1.76 bits per heavy atom. The van der Waals surface area contributed by atoms with Gasteiger partial charge in [-0.15, -0.1) is 11.8 Å². The molecule has 2 aromatic carbocycles. The quantitative estimate of drug-likeness (QED) is 0.251. The number of ether oxygens (including phenoxy) is 3. The van der Waals surface area contributed by atoms with E-state index in [4.69, 9.17) is 25.1 Å². The minimum atomic E-state index is -0.497. The van der Waals surface area contributed by atoms with Crippen molar-refractivity contribution in [1.29, 1.82) is 0 Å². The van der Waals surface area contributed by atoms with Crippen molar-refractivity contribution in [3.05, 3.63) is 59.4 Å². The van der Waals surface area contributed by atoms with Gasteiger partial charge in [0.15, 0.2) is 11.5 Å². The number of aliphatic hydroxyl groups is 1. The standard InChI is InChI=1S/C14H19FN2O4S.C9H10N2O/c1-16-13(14(22-4)17-7-21-8-18)9-5-11(19-2)12(20-3)6-10(9)15;1-7(12)11-9(10)8-5-3-2-4-6-8/h5-6,18H,7-8H2,1-4H3;2-6H,1H3,(H2,10,11,12)/b16-13?,17-14-;. The molecule has 0 saturated carbocycles. The maximum absolute atomic E-state index is 14.3. The number of carbonyl (C=O) groups is 1. The third-order valence-corrected chi connectivity index (χ3v) is 4.80. The monoisotopic (exact) mass is 492 g/mol. The van der Waals surface area contributed by atoms with E-state index in [-0.39, 0.29) is 24.0 Å². The van der Waals surface area contributed by atoms with Gasteiger partial charge in [0.05, 0.1) is 19.9 Å². The molecule has 34 heavy (non-hydrogen) atoms. The molecule has 0 heterocycles. The normalized spacial score (nSPS) is 12.0. The lowest BCUT2D eigenvalue weighted by atomic mass is 10.1. The zero-order valence-corrected chi connectivity index (χ0v) is 20.6. The van der Waals surface area contributed by atoms with Crippen molar-refractivity contribution in [3.8, 4) is 11.5 Å². The lowest BCUT2D eigenvalue weighted by Gasteiger charge is -2.13. The predicted octanol–water partition coefficient (Wildman–Crippen LogP) is 2.89. The van der Waals surface area contributed by atoms with Gasteiger partial charge in [-0.25, -0.2) is 9.38 Å². The number of thioether (sulfide) groups is 1. The summed E-state index contributed by atoms with van der Waals surface area (Å²) in [5.41, 5.74) is 6.91. The predicted molar refractivity (Wildman–Crippen MR) is 134 cm³/mol. The Morgan fingerprint density at radius 3 is 2.26 bits per heavy atom. The summed E-state index contributed by atoms with van der Waals surface area (Å²) in [7, 11) is 4.46. The van der Waals surface area contributed by atoms with E-state index in [0.717, 1.165) is 5.56 Å². The summed E-state index contributed by atoms with van der Waals surface area (Å²) in [4.78, 5) is 22.4. The first-order chi connectivity index (χ1) is 16.3. The van der Waals surface area contributed by atoms with Crippen LogP contribution < -0.4 is 15.2 Å². The molecule has 0 fully saturated rings. The van der Waals surface area contributed by atoms with Gasteiger partial charge in [0.25, 0.3) is 0 Å². The van der Waals surface area contributed by atoms with Crippen LogP contribution in [0, 0.1) is 5.82 Å². The number of carbonyl (C=O) groups excluding carboxylic acids is 1. The van der Waals surface area contributed by atoms with Gasteiger partial charge < -0.3 is 25.1 Å². The van der Waals surface area contributed by atoms with E-state index in [1.165, 1.54) is 45.0 Å². The highest BCUT2D eigenvalue weighted by atomic mass is 32.2. The number of hydrogen-bond acceptors (Lipinski definition) is 8. The van der Waals surface area contributed by atoms with Gasteiger partial charge >= 0.3 is 0 Å². The minimum Gasteiger partial charge on any atom is -0.493 e. The summed E-state index contributed by atoms with van der Waals surface area (Å²) >= 11 is 1.30. The molecule has 0 aromatic heterocycles. The van der Waals surface area contributed by atoms with Gasteiger partial charge in [0.2, 0.25) is 5.91 Å². The molecule has 1 amide bonds. The number of halogens is 1. The van der Waals surface area contributed by atoms with E-state index in [1.807, 2.05) is 30.3 Å². The van der Waals surface area contributed by atoms with Crippen molar-refractivity contribution >= 4 is 34.3 Å². The summed E-state index contributed by atoms with van der Waals surface area (Å²) in [6.07, 6.45) is 1.79. The fourth-order valence-corrected chi connectivity index (χ4v) is 3.17. The zero-order valence-electron chi connectivity index (χ0n) is 19.7. The van der Waals surface area contributed by atoms with Crippen LogP contribution >= 0.6 is 11.8 Å². The summed E-state index contributed by atoms with van der Waals surface area (Å²) in [6, 6.07) is 11.9. The molecule has 3 N–H and O–H groups in total. The highest BCUT2D eigenvalue weighted by molar-refractivity contribution is 8.15. The first kappa shape index (κ1) is 28.8. The van der Waals surface area contributed by atoms with Gasteiger partial charge in [-0.2, -0.15) is 4.99 Å². The van der Waals surface area contributed by atoms with Crippen molar-refractivity contribution in [2.75, 3.05) is 41.0 Å². The maximum atomic E-state index is 14.3. The Balaban J connectivity index is 0.000000404. The largest absolute Gasteiger partial charge is 0.493 e. The van der Waals surface area contributed by atoms with Crippen molar-refractivity contribution < 1.29 is 28.5 Å². The van der Waals surface area contributed by atoms with Crippen LogP contribution in [-0.2, 0) is 9.53 Å². The average molecular weight is 493 g/mol. The van der Waals surface area contributed by atoms with E-state index in [9.17, 15) is 9.18 Å². The summed E-state index contributed by atoms with van der Waals surface area (Å²) in [6.45, 7) is 0.894. The number of aliphatic imine (C=N–C) groups is 3. The molecule has 0 aliphatic heterocycles. The third-order valence-electron chi connectivity index (χ3n) is 4.09. The number of nitrogens with zero attached hydrogens (tertiary/aromatic N) is 3. The number of nitrogens with two attached hydrogens (primary N) is 1. The van der Waals surface area contributed by atoms with Crippen LogP contribution in [-0.4, -0.2) is 68.7 Å². The average Bonchev–Trinajstić information content (AvgIpc) is 2.84. The number of amidine groups is 1. The molecule has 2 aromatic rings. The van der Waals surface area contributed by atoms with Crippen LogP contribution in [0.25, 0.3) is 0 Å². The Hall–Kier alpha value is -3.28. The maximum Gasteiger partial charge on any atom is 0.244 e. The number of benzene rings is 2. The van der Waals surface area contributed by atoms with Crippen LogP contribution in [0.15, 0.2) is 57.4 Å². The number of rotatable bonds is 8. The molecule has 0 aliphatic carbocycles. The number of aliphatic hydroxyl groups excluding tert-OH is 1. The van der Waals surface area contributed by atoms with Crippen molar-refractivity contribution in [1.82, 2.24) is 0 Å². The second-order valence-electron chi connectivity index (χ2n) is 6.27. The first-order valence-electron chi connectivity index (χ1n) is 9.89. The molecule has 9 nitrogen and oxygen atoms in total. The molecule has 0 radical (unpaired) electrons. The lowest BCUT2D eigenvalue weighted by molar-refractivity contribution is -0.115. The molecular formula is C23H29FN4O5S. The van der Waals surface area contributed by atoms with Gasteiger partial charge in [-0.3, -0.25) is 9.79 Å². The molecule has 0 spiro atoms. The second-order valence-corrected chi connectivity index (χ2v) is 7.07. The van der Waals surface area contributed by atoms with Crippen LogP contribution in [0.1, 0.15) is 18.1 Å². The third kappa shape index (κ3) is 8.93. The highest BCUT2D eigenvalue weighted by Crippen LogP contribution is 2.30. The number of amides is 1. The van der Waals surface area contributed by atoms with E-state index in [0.29, 0.717) is 22.3 Å². The molecule has 0 unspecified atom stereocenters. The Morgan fingerprint density at radius 1 is 1.15 bits per heavy atom. The minimum absolute atomic E-state index is 0.0411. The lowest BCUT2D eigenvalue weighted by Crippen LogP contribution is -2.15. The van der Waals surface area contributed by atoms with Crippen molar-refractivity contribution in [2.45, 2.75) is 6.92 Å². The van der Waals surface area contributed by atoms with Crippen molar-refractivity contribution in [2.24, 2.45) is 20.7 Å². The van der Waals surface area contributed by atoms with Gasteiger partial charge in [0, 0.05) is 31.2 Å². The molecule has 0 atom stereocenters. The van der Waals surface area contributed by atoms with Gasteiger partial charge in [0.1, 0.15) is 30.2 Å². The van der Waals surface area contributed by atoms with Gasteiger partial charge in [-0.1, -0.05) is 30.3 Å².